The maximum Gasteiger partial charge on any atom is 0.263 e. The number of aromatic nitrogens is 2. The first kappa shape index (κ1) is 22.3. The van der Waals surface area contributed by atoms with Crippen molar-refractivity contribution in [2.24, 2.45) is 5.92 Å². The van der Waals surface area contributed by atoms with E-state index in [-0.39, 0.29) is 24.4 Å². The molecule has 0 N–H and O–H groups in total. The lowest BCUT2D eigenvalue weighted by Gasteiger charge is -2.40. The van der Waals surface area contributed by atoms with Crippen LogP contribution in [0.1, 0.15) is 33.6 Å². The highest BCUT2D eigenvalue weighted by Gasteiger charge is 2.33. The Morgan fingerprint density at radius 2 is 1.94 bits per heavy atom. The predicted octanol–water partition coefficient (Wildman–Crippen LogP) is 3.88. The number of aryl methyl sites for hydroxylation is 1. The number of likely N-dealkylation sites (N-methyl/N-ethyl adjacent to an activating group) is 1. The maximum atomic E-state index is 13.1. The molecule has 3 aromatic rings. The van der Waals surface area contributed by atoms with Crippen LogP contribution in [0.25, 0.3) is 0 Å². The van der Waals surface area contributed by atoms with Gasteiger partial charge in [-0.05, 0) is 60.7 Å². The summed E-state index contributed by atoms with van der Waals surface area (Å²) in [4.78, 5) is 30.5. The van der Waals surface area contributed by atoms with Crippen LogP contribution in [0.3, 0.4) is 0 Å². The second kappa shape index (κ2) is 10.1. The Bertz CT molecular complexity index is 1020. The highest BCUT2D eigenvalue weighted by Crippen LogP contribution is 2.28. The van der Waals surface area contributed by atoms with E-state index in [2.05, 4.69) is 36.3 Å². The molecule has 1 fully saturated rings. The maximum absolute atomic E-state index is 13.1. The number of amides is 2. The molecular formula is C25H30N4O2S. The van der Waals surface area contributed by atoms with Crippen molar-refractivity contribution in [3.05, 3.63) is 76.2 Å². The van der Waals surface area contributed by atoms with Gasteiger partial charge in [-0.3, -0.25) is 14.3 Å². The zero-order chi connectivity index (χ0) is 22.5. The number of rotatable bonds is 7. The van der Waals surface area contributed by atoms with E-state index in [1.165, 1.54) is 22.5 Å². The minimum absolute atomic E-state index is 0.0596. The molecule has 1 aliphatic heterocycles. The number of nitrogens with zero attached hydrogens (tertiary/aromatic N) is 4. The van der Waals surface area contributed by atoms with Crippen LogP contribution in [0.2, 0.25) is 0 Å². The summed E-state index contributed by atoms with van der Waals surface area (Å²) in [6, 6.07) is 14.1. The molecule has 1 aromatic carbocycles. The minimum Gasteiger partial charge on any atom is -0.341 e. The highest BCUT2D eigenvalue weighted by molar-refractivity contribution is 7.12. The number of likely N-dealkylation sites (tertiary alicyclic amines) is 1. The van der Waals surface area contributed by atoms with Crippen LogP contribution in [-0.2, 0) is 17.8 Å². The minimum atomic E-state index is 0.0596. The molecule has 2 amide bonds. The number of hydrogen-bond acceptors (Lipinski definition) is 4. The van der Waals surface area contributed by atoms with E-state index in [0.717, 1.165) is 37.2 Å². The van der Waals surface area contributed by atoms with Crippen molar-refractivity contribution in [2.45, 2.75) is 38.8 Å². The number of hydrogen-bond donors (Lipinski definition) is 0. The number of benzene rings is 1. The van der Waals surface area contributed by atoms with Gasteiger partial charge >= 0.3 is 0 Å². The van der Waals surface area contributed by atoms with E-state index in [4.69, 9.17) is 0 Å². The normalized spacial score (nSPS) is 15.5. The average molecular weight is 451 g/mol. The van der Waals surface area contributed by atoms with Gasteiger partial charge in [0.05, 0.1) is 4.88 Å². The first-order valence-electron chi connectivity index (χ1n) is 11.1. The van der Waals surface area contributed by atoms with Crippen molar-refractivity contribution in [3.63, 3.8) is 0 Å². The number of carbonyl (C=O) groups is 2. The van der Waals surface area contributed by atoms with Gasteiger partial charge in [0.15, 0.2) is 0 Å². The Morgan fingerprint density at radius 1 is 1.16 bits per heavy atom. The quantitative estimate of drug-likeness (QED) is 0.549. The predicted molar refractivity (Wildman–Crippen MR) is 127 cm³/mol. The fraction of sp³-hybridized carbons (Fsp3) is 0.400. The monoisotopic (exact) mass is 450 g/mol. The van der Waals surface area contributed by atoms with Gasteiger partial charge in [-0.15, -0.1) is 11.3 Å². The second-order valence-electron chi connectivity index (χ2n) is 8.51. The molecule has 0 bridgehead atoms. The van der Waals surface area contributed by atoms with Gasteiger partial charge in [-0.1, -0.05) is 30.3 Å². The summed E-state index contributed by atoms with van der Waals surface area (Å²) in [5.41, 5.74) is 2.52. The van der Waals surface area contributed by atoms with Gasteiger partial charge in [-0.25, -0.2) is 0 Å². The Labute approximate surface area is 193 Å². The van der Waals surface area contributed by atoms with Gasteiger partial charge in [0.1, 0.15) is 6.54 Å². The summed E-state index contributed by atoms with van der Waals surface area (Å²) in [5.74, 6) is 0.523. The topological polar surface area (TPSA) is 58.4 Å². The lowest BCUT2D eigenvalue weighted by Crippen LogP contribution is -2.49. The van der Waals surface area contributed by atoms with Crippen molar-refractivity contribution in [1.82, 2.24) is 19.6 Å². The SMILES string of the molecule is Cc1ccccc1C[C@@H](C1CCN(C(=O)c2cccs2)CC1)N(C)C(=O)Cn1cccn1. The molecule has 0 aliphatic carbocycles. The van der Waals surface area contributed by atoms with E-state index < -0.39 is 0 Å². The summed E-state index contributed by atoms with van der Waals surface area (Å²) in [5, 5.41) is 6.13. The molecule has 2 aromatic heterocycles. The summed E-state index contributed by atoms with van der Waals surface area (Å²) in [6.45, 7) is 3.82. The van der Waals surface area contributed by atoms with E-state index in [9.17, 15) is 9.59 Å². The van der Waals surface area contributed by atoms with Gasteiger partial charge in [0.2, 0.25) is 5.91 Å². The highest BCUT2D eigenvalue weighted by atomic mass is 32.1. The lowest BCUT2D eigenvalue weighted by atomic mass is 9.84. The fourth-order valence-corrected chi connectivity index (χ4v) is 5.25. The molecule has 32 heavy (non-hydrogen) atoms. The van der Waals surface area contributed by atoms with Crippen molar-refractivity contribution in [1.29, 1.82) is 0 Å². The molecule has 0 spiro atoms. The van der Waals surface area contributed by atoms with Crippen molar-refractivity contribution in [2.75, 3.05) is 20.1 Å². The molecule has 168 valence electrons. The zero-order valence-corrected chi connectivity index (χ0v) is 19.5. The summed E-state index contributed by atoms with van der Waals surface area (Å²) >= 11 is 1.49. The molecule has 7 heteroatoms. The Morgan fingerprint density at radius 3 is 2.59 bits per heavy atom. The molecule has 0 saturated carbocycles. The van der Waals surface area contributed by atoms with Gasteiger partial charge < -0.3 is 9.80 Å². The number of piperidine rings is 1. The Balaban J connectivity index is 1.48. The van der Waals surface area contributed by atoms with Crippen LogP contribution < -0.4 is 0 Å². The number of carbonyl (C=O) groups excluding carboxylic acids is 2. The van der Waals surface area contributed by atoms with Crippen molar-refractivity contribution in [3.8, 4) is 0 Å². The first-order chi connectivity index (χ1) is 15.5. The van der Waals surface area contributed by atoms with Crippen molar-refractivity contribution < 1.29 is 9.59 Å². The standard InChI is InChI=1S/C25H30N4O2S/c1-19-7-3-4-8-21(19)17-22(27(2)24(30)18-29-13-6-12-26-29)20-10-14-28(15-11-20)25(31)23-9-5-16-32-23/h3-9,12-13,16,20,22H,10-11,14-15,17-18H2,1-2H3/t22-/m0/s1. The third-order valence-electron chi connectivity index (χ3n) is 6.54. The lowest BCUT2D eigenvalue weighted by molar-refractivity contribution is -0.134. The van der Waals surface area contributed by atoms with Crippen LogP contribution in [0, 0.1) is 12.8 Å². The molecule has 3 heterocycles. The molecule has 6 nitrogen and oxygen atoms in total. The van der Waals surface area contributed by atoms with Crippen LogP contribution in [0.15, 0.2) is 60.2 Å². The molecule has 4 rings (SSSR count). The average Bonchev–Trinajstić information content (AvgIpc) is 3.52. The van der Waals surface area contributed by atoms with E-state index >= 15 is 0 Å². The van der Waals surface area contributed by atoms with Gasteiger partial charge in [-0.2, -0.15) is 5.10 Å². The number of thiophene rings is 1. The Kier molecular flexibility index (Phi) is 7.05. The molecule has 0 radical (unpaired) electrons. The second-order valence-corrected chi connectivity index (χ2v) is 9.46. The van der Waals surface area contributed by atoms with Crippen LogP contribution in [-0.4, -0.2) is 57.6 Å². The Hall–Kier alpha value is -2.93. The molecule has 1 atom stereocenters. The molecule has 1 saturated heterocycles. The summed E-state index contributed by atoms with van der Waals surface area (Å²) in [6.07, 6.45) is 6.12. The van der Waals surface area contributed by atoms with Crippen LogP contribution in [0.4, 0.5) is 0 Å². The molecule has 0 unspecified atom stereocenters. The summed E-state index contributed by atoms with van der Waals surface area (Å²) in [7, 11) is 1.91. The van der Waals surface area contributed by atoms with E-state index in [1.807, 2.05) is 46.6 Å². The smallest absolute Gasteiger partial charge is 0.263 e. The van der Waals surface area contributed by atoms with E-state index in [1.54, 1.807) is 10.9 Å². The third-order valence-corrected chi connectivity index (χ3v) is 7.40. The van der Waals surface area contributed by atoms with Crippen LogP contribution in [0.5, 0.6) is 0 Å². The molecule has 1 aliphatic rings. The van der Waals surface area contributed by atoms with Crippen LogP contribution >= 0.6 is 11.3 Å². The van der Waals surface area contributed by atoms with Gasteiger partial charge in [0, 0.05) is 38.6 Å². The largest absolute Gasteiger partial charge is 0.341 e. The van der Waals surface area contributed by atoms with Crippen molar-refractivity contribution >= 4 is 23.2 Å². The zero-order valence-electron chi connectivity index (χ0n) is 18.7. The van der Waals surface area contributed by atoms with E-state index in [0.29, 0.717) is 5.92 Å². The first-order valence-corrected chi connectivity index (χ1v) is 12.0. The molecular weight excluding hydrogens is 420 g/mol. The third kappa shape index (κ3) is 5.10. The summed E-state index contributed by atoms with van der Waals surface area (Å²) < 4.78 is 1.67. The van der Waals surface area contributed by atoms with Gasteiger partial charge in [0.25, 0.3) is 5.91 Å². The fourth-order valence-electron chi connectivity index (χ4n) is 4.56.